The fourth-order valence-corrected chi connectivity index (χ4v) is 2.78. The number of carbonyl (C=O) groups is 1. The summed E-state index contributed by atoms with van der Waals surface area (Å²) in [5, 5.41) is 6.91. The van der Waals surface area contributed by atoms with Crippen molar-refractivity contribution in [1.29, 1.82) is 0 Å². The number of methoxy groups -OCH3 is 2. The molecule has 0 aliphatic heterocycles. The van der Waals surface area contributed by atoms with E-state index in [2.05, 4.69) is 14.9 Å². The van der Waals surface area contributed by atoms with Gasteiger partial charge < -0.3 is 14.8 Å². The predicted molar refractivity (Wildman–Crippen MR) is 84.7 cm³/mol. The Labute approximate surface area is 133 Å². The highest BCUT2D eigenvalue weighted by Gasteiger charge is 2.19. The summed E-state index contributed by atoms with van der Waals surface area (Å²) >= 11 is 1.11. The lowest BCUT2D eigenvalue weighted by Gasteiger charge is -2.17. The van der Waals surface area contributed by atoms with Gasteiger partial charge in [0.05, 0.1) is 26.0 Å². The van der Waals surface area contributed by atoms with Crippen molar-refractivity contribution < 1.29 is 14.3 Å². The maximum absolute atomic E-state index is 12.3. The van der Waals surface area contributed by atoms with Gasteiger partial charge in [-0.25, -0.2) is 0 Å². The Kier molecular flexibility index (Phi) is 5.32. The molecule has 6 nitrogen and oxygen atoms in total. The lowest BCUT2D eigenvalue weighted by Crippen LogP contribution is -2.27. The standard InChI is InChI=1S/C15H19N3O3S/c1-5-12-14(22-18-17-12)15(19)16-9(2)11-7-6-10(20-3)8-13(11)21-4/h6-9H,5H2,1-4H3,(H,16,19). The number of hydrogen-bond acceptors (Lipinski definition) is 6. The molecule has 22 heavy (non-hydrogen) atoms. The fourth-order valence-electron chi connectivity index (χ4n) is 2.13. The van der Waals surface area contributed by atoms with Crippen molar-refractivity contribution in [3.63, 3.8) is 0 Å². The molecule has 118 valence electrons. The SMILES string of the molecule is CCc1nnsc1C(=O)NC(C)c1ccc(OC)cc1OC. The molecule has 0 bridgehead atoms. The topological polar surface area (TPSA) is 73.3 Å². The molecule has 0 spiro atoms. The van der Waals surface area contributed by atoms with E-state index in [0.29, 0.717) is 22.8 Å². The van der Waals surface area contributed by atoms with Crippen LogP contribution in [0.25, 0.3) is 0 Å². The van der Waals surface area contributed by atoms with Crippen molar-refractivity contribution in [2.75, 3.05) is 14.2 Å². The first-order valence-corrected chi connectivity index (χ1v) is 7.72. The molecule has 1 amide bonds. The predicted octanol–water partition coefficient (Wildman–Crippen LogP) is 2.61. The molecule has 7 heteroatoms. The van der Waals surface area contributed by atoms with Crippen LogP contribution in [0.15, 0.2) is 18.2 Å². The van der Waals surface area contributed by atoms with Crippen LogP contribution in [0.1, 0.15) is 40.8 Å². The Hall–Kier alpha value is -2.15. The van der Waals surface area contributed by atoms with Crippen LogP contribution in [0.4, 0.5) is 0 Å². The van der Waals surface area contributed by atoms with Crippen molar-refractivity contribution in [1.82, 2.24) is 14.9 Å². The van der Waals surface area contributed by atoms with E-state index < -0.39 is 0 Å². The van der Waals surface area contributed by atoms with Crippen molar-refractivity contribution in [2.24, 2.45) is 0 Å². The summed E-state index contributed by atoms with van der Waals surface area (Å²) in [6.45, 7) is 3.85. The number of nitrogens with zero attached hydrogens (tertiary/aromatic N) is 2. The van der Waals surface area contributed by atoms with Crippen LogP contribution in [0, 0.1) is 0 Å². The van der Waals surface area contributed by atoms with Crippen LogP contribution in [-0.2, 0) is 6.42 Å². The van der Waals surface area contributed by atoms with E-state index in [4.69, 9.17) is 9.47 Å². The zero-order valence-corrected chi connectivity index (χ0v) is 13.9. The van der Waals surface area contributed by atoms with Crippen LogP contribution < -0.4 is 14.8 Å². The first kappa shape index (κ1) is 16.2. The van der Waals surface area contributed by atoms with E-state index in [1.54, 1.807) is 20.3 Å². The fraction of sp³-hybridized carbons (Fsp3) is 0.400. The first-order chi connectivity index (χ1) is 10.6. The first-order valence-electron chi connectivity index (χ1n) is 6.94. The molecule has 1 unspecified atom stereocenters. The minimum atomic E-state index is -0.208. The summed E-state index contributed by atoms with van der Waals surface area (Å²) in [4.78, 5) is 12.9. The second-order valence-electron chi connectivity index (χ2n) is 4.71. The summed E-state index contributed by atoms with van der Waals surface area (Å²) in [6, 6.07) is 5.31. The van der Waals surface area contributed by atoms with Gasteiger partial charge >= 0.3 is 0 Å². The third kappa shape index (κ3) is 3.36. The summed E-state index contributed by atoms with van der Waals surface area (Å²) in [5.41, 5.74) is 1.60. The minimum absolute atomic E-state index is 0.169. The number of benzene rings is 1. The number of aromatic nitrogens is 2. The van der Waals surface area contributed by atoms with Gasteiger partial charge in [-0.2, -0.15) is 0 Å². The molecule has 2 aromatic rings. The van der Waals surface area contributed by atoms with E-state index in [9.17, 15) is 4.79 Å². The highest BCUT2D eigenvalue weighted by Crippen LogP contribution is 2.29. The van der Waals surface area contributed by atoms with Gasteiger partial charge in [0.2, 0.25) is 0 Å². The van der Waals surface area contributed by atoms with Crippen LogP contribution in [-0.4, -0.2) is 29.7 Å². The molecule has 1 N–H and O–H groups in total. The van der Waals surface area contributed by atoms with E-state index in [0.717, 1.165) is 22.8 Å². The van der Waals surface area contributed by atoms with Gasteiger partial charge in [-0.15, -0.1) is 5.10 Å². The van der Waals surface area contributed by atoms with Crippen LogP contribution in [0.3, 0.4) is 0 Å². The van der Waals surface area contributed by atoms with Gasteiger partial charge in [0.25, 0.3) is 5.91 Å². The number of ether oxygens (including phenoxy) is 2. The van der Waals surface area contributed by atoms with E-state index >= 15 is 0 Å². The largest absolute Gasteiger partial charge is 0.497 e. The van der Waals surface area contributed by atoms with Crippen LogP contribution in [0.2, 0.25) is 0 Å². The average molecular weight is 321 g/mol. The Bertz CT molecular complexity index is 657. The zero-order chi connectivity index (χ0) is 16.1. The molecule has 1 aromatic heterocycles. The van der Waals surface area contributed by atoms with Gasteiger partial charge in [0, 0.05) is 11.6 Å². The lowest BCUT2D eigenvalue weighted by molar-refractivity contribution is 0.0942. The van der Waals surface area contributed by atoms with E-state index in [1.165, 1.54) is 0 Å². The molecule has 0 radical (unpaired) electrons. The lowest BCUT2D eigenvalue weighted by atomic mass is 10.1. The summed E-state index contributed by atoms with van der Waals surface area (Å²) in [7, 11) is 3.19. The molecule has 2 rings (SSSR count). The second-order valence-corrected chi connectivity index (χ2v) is 5.46. The van der Waals surface area contributed by atoms with Crippen LogP contribution >= 0.6 is 11.5 Å². The number of carbonyl (C=O) groups excluding carboxylic acids is 1. The molecular formula is C15H19N3O3S. The van der Waals surface area contributed by atoms with Crippen molar-refractivity contribution in [2.45, 2.75) is 26.3 Å². The summed E-state index contributed by atoms with van der Waals surface area (Å²) in [5.74, 6) is 1.21. The molecule has 0 saturated carbocycles. The number of nitrogens with one attached hydrogen (secondary N) is 1. The molecule has 0 saturated heterocycles. The second kappa shape index (κ2) is 7.22. The number of aryl methyl sites for hydroxylation is 1. The maximum Gasteiger partial charge on any atom is 0.265 e. The molecule has 0 aliphatic carbocycles. The highest BCUT2D eigenvalue weighted by atomic mass is 32.1. The molecule has 0 fully saturated rings. The Balaban J connectivity index is 2.18. The molecule has 0 aliphatic rings. The third-order valence-corrected chi connectivity index (χ3v) is 4.12. The number of amides is 1. The summed E-state index contributed by atoms with van der Waals surface area (Å²) in [6.07, 6.45) is 0.680. The van der Waals surface area contributed by atoms with Gasteiger partial charge in [-0.1, -0.05) is 11.4 Å². The normalized spacial score (nSPS) is 11.8. The van der Waals surface area contributed by atoms with Gasteiger partial charge in [0.15, 0.2) is 0 Å². The van der Waals surface area contributed by atoms with Crippen molar-refractivity contribution in [3.8, 4) is 11.5 Å². The molecular weight excluding hydrogens is 302 g/mol. The van der Waals surface area contributed by atoms with Crippen molar-refractivity contribution in [3.05, 3.63) is 34.3 Å². The smallest absolute Gasteiger partial charge is 0.265 e. The van der Waals surface area contributed by atoms with Gasteiger partial charge in [0.1, 0.15) is 16.4 Å². The summed E-state index contributed by atoms with van der Waals surface area (Å²) < 4.78 is 14.4. The van der Waals surface area contributed by atoms with E-state index in [-0.39, 0.29) is 11.9 Å². The Morgan fingerprint density at radius 1 is 1.36 bits per heavy atom. The molecule has 1 atom stereocenters. The Morgan fingerprint density at radius 2 is 2.14 bits per heavy atom. The third-order valence-electron chi connectivity index (χ3n) is 3.35. The maximum atomic E-state index is 12.3. The minimum Gasteiger partial charge on any atom is -0.497 e. The van der Waals surface area contributed by atoms with E-state index in [1.807, 2.05) is 26.0 Å². The van der Waals surface area contributed by atoms with Crippen molar-refractivity contribution >= 4 is 17.4 Å². The number of rotatable bonds is 6. The number of hydrogen-bond donors (Lipinski definition) is 1. The molecule has 1 aromatic carbocycles. The van der Waals surface area contributed by atoms with Crippen LogP contribution in [0.5, 0.6) is 11.5 Å². The highest BCUT2D eigenvalue weighted by molar-refractivity contribution is 7.08. The molecule has 1 heterocycles. The Morgan fingerprint density at radius 3 is 2.77 bits per heavy atom. The quantitative estimate of drug-likeness (QED) is 0.885. The zero-order valence-electron chi connectivity index (χ0n) is 13.0. The van der Waals surface area contributed by atoms with Gasteiger partial charge in [-0.3, -0.25) is 4.79 Å². The monoisotopic (exact) mass is 321 g/mol. The average Bonchev–Trinajstić information content (AvgIpc) is 3.02. The van der Waals surface area contributed by atoms with Gasteiger partial charge in [-0.05, 0) is 37.0 Å².